The Balaban J connectivity index is 1.75. The van der Waals surface area contributed by atoms with E-state index in [-0.39, 0.29) is 18.3 Å². The van der Waals surface area contributed by atoms with Crippen LogP contribution in [0.5, 0.6) is 5.75 Å². The van der Waals surface area contributed by atoms with Crippen molar-refractivity contribution >= 4 is 29.5 Å². The summed E-state index contributed by atoms with van der Waals surface area (Å²) in [5.41, 5.74) is 0.323. The number of hydrogen-bond acceptors (Lipinski definition) is 6. The van der Waals surface area contributed by atoms with Crippen molar-refractivity contribution in [2.75, 3.05) is 39.6 Å². The van der Waals surface area contributed by atoms with E-state index in [9.17, 15) is 14.4 Å². The molecular formula is C21H24N2O5S. The second kappa shape index (κ2) is 11.8. The Hall–Kier alpha value is -3.00. The molecule has 0 heterocycles. The summed E-state index contributed by atoms with van der Waals surface area (Å²) < 4.78 is 10.6. The van der Waals surface area contributed by atoms with Gasteiger partial charge in [0.25, 0.3) is 5.91 Å². The highest BCUT2D eigenvalue weighted by Gasteiger charge is 2.16. The molecule has 0 saturated carbocycles. The third-order valence-corrected chi connectivity index (χ3v) is 4.79. The first-order valence-electron chi connectivity index (χ1n) is 9.01. The van der Waals surface area contributed by atoms with Gasteiger partial charge in [-0.15, -0.1) is 11.8 Å². The van der Waals surface area contributed by atoms with Crippen LogP contribution in [0.1, 0.15) is 10.4 Å². The van der Waals surface area contributed by atoms with E-state index in [0.29, 0.717) is 23.6 Å². The third-order valence-electron chi connectivity index (χ3n) is 3.73. The lowest BCUT2D eigenvalue weighted by atomic mass is 10.2. The summed E-state index contributed by atoms with van der Waals surface area (Å²) in [5.74, 6) is -0.159. The fraction of sp³-hybridized carbons (Fsp3) is 0.286. The van der Waals surface area contributed by atoms with Crippen molar-refractivity contribution in [3.05, 3.63) is 60.2 Å². The molecule has 1 N–H and O–H groups in total. The Morgan fingerprint density at radius 1 is 1.00 bits per heavy atom. The van der Waals surface area contributed by atoms with Crippen LogP contribution >= 0.6 is 11.8 Å². The van der Waals surface area contributed by atoms with E-state index in [4.69, 9.17) is 9.47 Å². The Labute approximate surface area is 174 Å². The van der Waals surface area contributed by atoms with Gasteiger partial charge >= 0.3 is 5.97 Å². The van der Waals surface area contributed by atoms with Crippen molar-refractivity contribution in [2.45, 2.75) is 4.90 Å². The van der Waals surface area contributed by atoms with Gasteiger partial charge in [-0.25, -0.2) is 4.79 Å². The summed E-state index contributed by atoms with van der Waals surface area (Å²) in [6.07, 6.45) is 0. The number of carbonyl (C=O) groups excluding carboxylic acids is 3. The van der Waals surface area contributed by atoms with E-state index in [1.807, 2.05) is 30.3 Å². The Morgan fingerprint density at radius 3 is 2.41 bits per heavy atom. The number of nitrogens with one attached hydrogen (secondary N) is 1. The molecule has 7 nitrogen and oxygen atoms in total. The van der Waals surface area contributed by atoms with Crippen molar-refractivity contribution in [3.63, 3.8) is 0 Å². The van der Waals surface area contributed by atoms with Crippen LogP contribution in [0.2, 0.25) is 0 Å². The quantitative estimate of drug-likeness (QED) is 0.363. The maximum Gasteiger partial charge on any atom is 0.339 e. The van der Waals surface area contributed by atoms with Gasteiger partial charge in [0.2, 0.25) is 5.91 Å². The Bertz CT molecular complexity index is 827. The molecule has 29 heavy (non-hydrogen) atoms. The van der Waals surface area contributed by atoms with Gasteiger partial charge in [-0.05, 0) is 24.3 Å². The Morgan fingerprint density at radius 2 is 1.69 bits per heavy atom. The van der Waals surface area contributed by atoms with Crippen molar-refractivity contribution in [1.82, 2.24) is 10.2 Å². The molecule has 0 aliphatic heterocycles. The number of amides is 2. The lowest BCUT2D eigenvalue weighted by Gasteiger charge is -2.12. The molecule has 0 atom stereocenters. The summed E-state index contributed by atoms with van der Waals surface area (Å²) in [6, 6.07) is 16.1. The lowest BCUT2D eigenvalue weighted by Crippen LogP contribution is -2.32. The number of carbonyl (C=O) groups is 3. The highest BCUT2D eigenvalue weighted by Crippen LogP contribution is 2.23. The summed E-state index contributed by atoms with van der Waals surface area (Å²) in [7, 11) is 3.35. The molecule has 8 heteroatoms. The van der Waals surface area contributed by atoms with Gasteiger partial charge in [0.15, 0.2) is 6.61 Å². The highest BCUT2D eigenvalue weighted by atomic mass is 32.2. The fourth-order valence-corrected chi connectivity index (χ4v) is 3.18. The van der Waals surface area contributed by atoms with Crippen LogP contribution in [0.15, 0.2) is 59.5 Å². The molecule has 154 valence electrons. The van der Waals surface area contributed by atoms with Crippen LogP contribution < -0.4 is 10.1 Å². The van der Waals surface area contributed by atoms with E-state index in [2.05, 4.69) is 5.32 Å². The third kappa shape index (κ3) is 7.87. The molecule has 0 fully saturated rings. The van der Waals surface area contributed by atoms with E-state index < -0.39 is 11.9 Å². The lowest BCUT2D eigenvalue weighted by molar-refractivity contribution is -0.126. The smallest absolute Gasteiger partial charge is 0.339 e. The summed E-state index contributed by atoms with van der Waals surface area (Å²) in [5, 5.41) is 2.63. The fourth-order valence-electron chi connectivity index (χ4n) is 2.17. The molecule has 0 radical (unpaired) electrons. The zero-order valence-corrected chi connectivity index (χ0v) is 17.2. The molecule has 2 aromatic rings. The predicted molar refractivity (Wildman–Crippen MR) is 111 cm³/mol. The number of nitrogens with zero attached hydrogens (tertiary/aromatic N) is 1. The second-order valence-electron chi connectivity index (χ2n) is 6.16. The zero-order valence-electron chi connectivity index (χ0n) is 16.4. The molecule has 0 spiro atoms. The first-order valence-corrected chi connectivity index (χ1v) is 9.99. The molecule has 0 aliphatic carbocycles. The van der Waals surface area contributed by atoms with Gasteiger partial charge in [-0.1, -0.05) is 30.3 Å². The monoisotopic (exact) mass is 416 g/mol. The molecule has 0 aromatic heterocycles. The molecular weight excluding hydrogens is 392 g/mol. The van der Waals surface area contributed by atoms with Gasteiger partial charge in [0, 0.05) is 19.0 Å². The van der Waals surface area contributed by atoms with E-state index in [1.165, 1.54) is 16.7 Å². The average molecular weight is 416 g/mol. The van der Waals surface area contributed by atoms with Crippen LogP contribution in [0.3, 0.4) is 0 Å². The largest absolute Gasteiger partial charge is 0.492 e. The van der Waals surface area contributed by atoms with Crippen LogP contribution in [0.25, 0.3) is 0 Å². The summed E-state index contributed by atoms with van der Waals surface area (Å²) in [4.78, 5) is 38.1. The minimum atomic E-state index is -0.610. The van der Waals surface area contributed by atoms with Crippen LogP contribution in [-0.2, 0) is 14.3 Å². The number of rotatable bonds is 10. The number of hydrogen-bond donors (Lipinski definition) is 1. The molecule has 0 aliphatic rings. The number of benzene rings is 2. The summed E-state index contributed by atoms with van der Waals surface area (Å²) >= 11 is 1.25. The molecule has 0 bridgehead atoms. The molecule has 2 amide bonds. The van der Waals surface area contributed by atoms with E-state index >= 15 is 0 Å². The molecule has 0 saturated heterocycles. The average Bonchev–Trinajstić information content (AvgIpc) is 2.74. The standard InChI is InChI=1S/C21H24N2O5S/c1-23(2)20(25)15-29-18-11-7-6-10-17(18)21(26)28-14-19(24)22-12-13-27-16-8-4-3-5-9-16/h3-11H,12-15H2,1-2H3,(H,22,24). The first kappa shape index (κ1) is 22.3. The minimum Gasteiger partial charge on any atom is -0.492 e. The van der Waals surface area contributed by atoms with E-state index in [0.717, 1.165) is 5.75 Å². The van der Waals surface area contributed by atoms with Crippen molar-refractivity contribution < 1.29 is 23.9 Å². The zero-order chi connectivity index (χ0) is 21.1. The Kier molecular flexibility index (Phi) is 9.04. The number of ether oxygens (including phenoxy) is 2. The summed E-state index contributed by atoms with van der Waals surface area (Å²) in [6.45, 7) is 0.216. The number of esters is 1. The SMILES string of the molecule is CN(C)C(=O)CSc1ccccc1C(=O)OCC(=O)NCCOc1ccccc1. The van der Waals surface area contributed by atoms with Crippen molar-refractivity contribution in [2.24, 2.45) is 0 Å². The highest BCUT2D eigenvalue weighted by molar-refractivity contribution is 8.00. The van der Waals surface area contributed by atoms with Gasteiger partial charge in [0.05, 0.1) is 17.9 Å². The van der Waals surface area contributed by atoms with Gasteiger partial charge in [-0.2, -0.15) is 0 Å². The minimum absolute atomic E-state index is 0.0599. The molecule has 2 rings (SSSR count). The van der Waals surface area contributed by atoms with Gasteiger partial charge in [-0.3, -0.25) is 9.59 Å². The van der Waals surface area contributed by atoms with Crippen molar-refractivity contribution in [3.8, 4) is 5.75 Å². The van der Waals surface area contributed by atoms with E-state index in [1.54, 1.807) is 38.4 Å². The maximum absolute atomic E-state index is 12.3. The van der Waals surface area contributed by atoms with Gasteiger partial charge in [0.1, 0.15) is 12.4 Å². The normalized spacial score (nSPS) is 10.1. The van der Waals surface area contributed by atoms with Crippen molar-refractivity contribution in [1.29, 1.82) is 0 Å². The first-order chi connectivity index (χ1) is 14.0. The van der Waals surface area contributed by atoms with Gasteiger partial charge < -0.3 is 19.7 Å². The predicted octanol–water partition coefficient (Wildman–Crippen LogP) is 2.22. The maximum atomic E-state index is 12.3. The topological polar surface area (TPSA) is 84.9 Å². The number of para-hydroxylation sites is 1. The number of thioether (sulfide) groups is 1. The molecule has 0 unspecified atom stereocenters. The second-order valence-corrected chi connectivity index (χ2v) is 7.18. The van der Waals surface area contributed by atoms with Crippen LogP contribution in [0.4, 0.5) is 0 Å². The molecule has 2 aromatic carbocycles. The van der Waals surface area contributed by atoms with Crippen LogP contribution in [0, 0.1) is 0 Å². The van der Waals surface area contributed by atoms with Crippen LogP contribution in [-0.4, -0.2) is 62.3 Å².